The molecule has 1 unspecified atom stereocenters. The Hall–Kier alpha value is -1.88. The van der Waals surface area contributed by atoms with Crippen LogP contribution in [0.15, 0.2) is 30.3 Å². The summed E-state index contributed by atoms with van der Waals surface area (Å²) in [6, 6.07) is 9.56. The van der Waals surface area contributed by atoms with E-state index in [9.17, 15) is 9.59 Å². The highest BCUT2D eigenvalue weighted by Crippen LogP contribution is 2.00. The maximum absolute atomic E-state index is 11.3. The predicted octanol–water partition coefficient (Wildman–Crippen LogP) is 0.193. The zero-order chi connectivity index (χ0) is 12.7. The van der Waals surface area contributed by atoms with Crippen molar-refractivity contribution in [1.82, 2.24) is 5.32 Å². The second kappa shape index (κ2) is 6.65. The van der Waals surface area contributed by atoms with Crippen molar-refractivity contribution in [3.8, 4) is 0 Å². The molecule has 0 spiro atoms. The van der Waals surface area contributed by atoms with Crippen LogP contribution in [0.1, 0.15) is 12.0 Å². The predicted molar refractivity (Wildman–Crippen MR) is 62.9 cm³/mol. The van der Waals surface area contributed by atoms with Gasteiger partial charge in [-0.1, -0.05) is 30.3 Å². The maximum Gasteiger partial charge on any atom is 0.315 e. The standard InChI is InChI=1S/C12H16N2O3/c1-17-12(16)8-11(15)14-10(13)7-9-5-3-2-4-6-9/h2-6,10H,7-8,13H2,1H3,(H,14,15). The summed E-state index contributed by atoms with van der Waals surface area (Å²) < 4.78 is 4.38. The Kier molecular flexibility index (Phi) is 5.16. The molecule has 0 aliphatic rings. The molecule has 1 aromatic carbocycles. The molecule has 17 heavy (non-hydrogen) atoms. The van der Waals surface area contributed by atoms with Gasteiger partial charge in [-0.15, -0.1) is 0 Å². The molecule has 0 bridgehead atoms. The number of hydrogen-bond donors (Lipinski definition) is 2. The van der Waals surface area contributed by atoms with Gasteiger partial charge in [-0.05, 0) is 5.56 Å². The molecule has 92 valence electrons. The number of carbonyl (C=O) groups excluding carboxylic acids is 2. The zero-order valence-corrected chi connectivity index (χ0v) is 9.68. The van der Waals surface area contributed by atoms with E-state index >= 15 is 0 Å². The molecule has 0 aliphatic carbocycles. The molecular weight excluding hydrogens is 220 g/mol. The summed E-state index contributed by atoms with van der Waals surface area (Å²) in [5.41, 5.74) is 6.77. The lowest BCUT2D eigenvalue weighted by Gasteiger charge is -2.13. The number of benzene rings is 1. The van der Waals surface area contributed by atoms with Gasteiger partial charge in [0.2, 0.25) is 5.91 Å². The van der Waals surface area contributed by atoms with E-state index in [1.165, 1.54) is 7.11 Å². The molecule has 5 nitrogen and oxygen atoms in total. The maximum atomic E-state index is 11.3. The lowest BCUT2D eigenvalue weighted by molar-refractivity contribution is -0.143. The lowest BCUT2D eigenvalue weighted by atomic mass is 10.1. The van der Waals surface area contributed by atoms with E-state index in [4.69, 9.17) is 5.73 Å². The van der Waals surface area contributed by atoms with Crippen molar-refractivity contribution in [3.63, 3.8) is 0 Å². The van der Waals surface area contributed by atoms with Crippen LogP contribution in [-0.2, 0) is 20.7 Å². The number of nitrogens with two attached hydrogens (primary N) is 1. The Morgan fingerprint density at radius 2 is 2.00 bits per heavy atom. The highest BCUT2D eigenvalue weighted by Gasteiger charge is 2.12. The van der Waals surface area contributed by atoms with Gasteiger partial charge < -0.3 is 15.8 Å². The third-order valence-corrected chi connectivity index (χ3v) is 2.18. The second-order valence-corrected chi connectivity index (χ2v) is 3.62. The Morgan fingerprint density at radius 1 is 1.35 bits per heavy atom. The summed E-state index contributed by atoms with van der Waals surface area (Å²) in [4.78, 5) is 22.2. The van der Waals surface area contributed by atoms with E-state index < -0.39 is 18.0 Å². The lowest BCUT2D eigenvalue weighted by Crippen LogP contribution is -2.43. The number of amides is 1. The second-order valence-electron chi connectivity index (χ2n) is 3.62. The molecule has 0 saturated heterocycles. The molecule has 0 radical (unpaired) electrons. The molecule has 0 aliphatic heterocycles. The van der Waals surface area contributed by atoms with Crippen molar-refractivity contribution >= 4 is 11.9 Å². The molecular formula is C12H16N2O3. The SMILES string of the molecule is COC(=O)CC(=O)NC(N)Cc1ccccc1. The fraction of sp³-hybridized carbons (Fsp3) is 0.333. The molecule has 1 aromatic rings. The van der Waals surface area contributed by atoms with E-state index in [1.54, 1.807) is 0 Å². The Morgan fingerprint density at radius 3 is 2.59 bits per heavy atom. The average Bonchev–Trinajstić information content (AvgIpc) is 2.29. The largest absolute Gasteiger partial charge is 0.469 e. The van der Waals surface area contributed by atoms with Gasteiger partial charge >= 0.3 is 5.97 Å². The fourth-order valence-electron chi connectivity index (χ4n) is 1.38. The van der Waals surface area contributed by atoms with Gasteiger partial charge in [0.1, 0.15) is 6.42 Å². The van der Waals surface area contributed by atoms with Gasteiger partial charge in [-0.25, -0.2) is 0 Å². The van der Waals surface area contributed by atoms with Crippen LogP contribution < -0.4 is 11.1 Å². The van der Waals surface area contributed by atoms with Gasteiger partial charge in [-0.2, -0.15) is 0 Å². The first kappa shape index (κ1) is 13.2. The summed E-state index contributed by atoms with van der Waals surface area (Å²) in [6.07, 6.45) is -0.290. The monoisotopic (exact) mass is 236 g/mol. The van der Waals surface area contributed by atoms with Crippen LogP contribution in [0, 0.1) is 0 Å². The van der Waals surface area contributed by atoms with Crippen LogP contribution in [0.2, 0.25) is 0 Å². The summed E-state index contributed by atoms with van der Waals surface area (Å²) in [5.74, 6) is -1.00. The first-order chi connectivity index (χ1) is 8.11. The molecule has 1 rings (SSSR count). The summed E-state index contributed by atoms with van der Waals surface area (Å²) in [7, 11) is 1.24. The quantitative estimate of drug-likeness (QED) is 0.434. The van der Waals surface area contributed by atoms with Crippen molar-refractivity contribution in [2.24, 2.45) is 5.73 Å². The molecule has 0 heterocycles. The summed E-state index contributed by atoms with van der Waals surface area (Å²) >= 11 is 0. The topological polar surface area (TPSA) is 81.4 Å². The third kappa shape index (κ3) is 5.12. The Bertz CT molecular complexity index is 379. The van der Waals surface area contributed by atoms with E-state index in [-0.39, 0.29) is 6.42 Å². The van der Waals surface area contributed by atoms with Gasteiger partial charge in [0.25, 0.3) is 0 Å². The minimum Gasteiger partial charge on any atom is -0.469 e. The molecule has 0 saturated carbocycles. The van der Waals surface area contributed by atoms with E-state index in [0.29, 0.717) is 6.42 Å². The van der Waals surface area contributed by atoms with Crippen LogP contribution in [0.4, 0.5) is 0 Å². The minimum absolute atomic E-state index is 0.307. The molecule has 0 fully saturated rings. The number of hydrogen-bond acceptors (Lipinski definition) is 4. The molecule has 1 amide bonds. The van der Waals surface area contributed by atoms with Crippen LogP contribution in [0.25, 0.3) is 0 Å². The van der Waals surface area contributed by atoms with Crippen LogP contribution in [0.5, 0.6) is 0 Å². The average molecular weight is 236 g/mol. The van der Waals surface area contributed by atoms with Crippen molar-refractivity contribution < 1.29 is 14.3 Å². The molecule has 0 aromatic heterocycles. The number of carbonyl (C=O) groups is 2. The highest BCUT2D eigenvalue weighted by molar-refractivity contribution is 5.94. The molecule has 3 N–H and O–H groups in total. The number of esters is 1. The summed E-state index contributed by atoms with van der Waals surface area (Å²) in [6.45, 7) is 0. The van der Waals surface area contributed by atoms with Crippen molar-refractivity contribution in [3.05, 3.63) is 35.9 Å². The van der Waals surface area contributed by atoms with Gasteiger partial charge in [0, 0.05) is 6.42 Å². The van der Waals surface area contributed by atoms with Gasteiger partial charge in [0.05, 0.1) is 13.3 Å². The highest BCUT2D eigenvalue weighted by atomic mass is 16.5. The van der Waals surface area contributed by atoms with Gasteiger partial charge in [-0.3, -0.25) is 9.59 Å². The van der Waals surface area contributed by atoms with Crippen LogP contribution >= 0.6 is 0 Å². The van der Waals surface area contributed by atoms with E-state index in [0.717, 1.165) is 5.56 Å². The number of methoxy groups -OCH3 is 1. The first-order valence-electron chi connectivity index (χ1n) is 5.27. The minimum atomic E-state index is -0.575. The first-order valence-corrected chi connectivity index (χ1v) is 5.27. The van der Waals surface area contributed by atoms with Crippen LogP contribution in [-0.4, -0.2) is 25.2 Å². The number of rotatable bonds is 5. The van der Waals surface area contributed by atoms with E-state index in [1.807, 2.05) is 30.3 Å². The van der Waals surface area contributed by atoms with Gasteiger partial charge in [0.15, 0.2) is 0 Å². The Balaban J connectivity index is 2.37. The number of nitrogens with one attached hydrogen (secondary N) is 1. The van der Waals surface area contributed by atoms with E-state index in [2.05, 4.69) is 10.1 Å². The smallest absolute Gasteiger partial charge is 0.315 e. The Labute approximate surface area is 99.9 Å². The fourth-order valence-corrected chi connectivity index (χ4v) is 1.38. The van der Waals surface area contributed by atoms with Crippen molar-refractivity contribution in [2.45, 2.75) is 19.0 Å². The molecule has 1 atom stereocenters. The van der Waals surface area contributed by atoms with Crippen molar-refractivity contribution in [1.29, 1.82) is 0 Å². The van der Waals surface area contributed by atoms with Crippen LogP contribution in [0.3, 0.4) is 0 Å². The summed E-state index contributed by atoms with van der Waals surface area (Å²) in [5, 5.41) is 2.53. The normalized spacial score (nSPS) is 11.6. The third-order valence-electron chi connectivity index (χ3n) is 2.18. The molecule has 5 heteroatoms. The zero-order valence-electron chi connectivity index (χ0n) is 9.68. The van der Waals surface area contributed by atoms with Crippen molar-refractivity contribution in [2.75, 3.05) is 7.11 Å². The number of ether oxygens (including phenoxy) is 1.